The maximum atomic E-state index is 10.3. The van der Waals surface area contributed by atoms with E-state index < -0.39 is 6.10 Å². The lowest BCUT2D eigenvalue weighted by Crippen LogP contribution is -2.28. The van der Waals surface area contributed by atoms with Gasteiger partial charge >= 0.3 is 0 Å². The van der Waals surface area contributed by atoms with Crippen molar-refractivity contribution >= 4 is 11.6 Å². The molecule has 1 saturated heterocycles. The highest BCUT2D eigenvalue weighted by Gasteiger charge is 2.21. The van der Waals surface area contributed by atoms with Gasteiger partial charge in [-0.25, -0.2) is 0 Å². The molecule has 0 bridgehead atoms. The largest absolute Gasteiger partial charge is 0.388 e. The van der Waals surface area contributed by atoms with Gasteiger partial charge in [0.25, 0.3) is 0 Å². The van der Waals surface area contributed by atoms with Crippen molar-refractivity contribution in [1.82, 2.24) is 4.90 Å². The molecule has 0 unspecified atom stereocenters. The molecule has 94 valence electrons. The quantitative estimate of drug-likeness (QED) is 0.891. The number of nitrogens with zero attached hydrogens (tertiary/aromatic N) is 1. The lowest BCUT2D eigenvalue weighted by Gasteiger charge is -2.24. The standard InChI is InChI=1S/C14H20ClNO/c1-11(10-16-7-2-3-8-16)14(17)12-5-4-6-13(15)9-12/h4-6,9,11,14,17H,2-3,7-8,10H2,1H3/t11-,14+/m1/s1. The predicted octanol–water partition coefficient (Wildman–Crippen LogP) is 3.11. The molecule has 1 aromatic carbocycles. The van der Waals surface area contributed by atoms with Gasteiger partial charge in [0.1, 0.15) is 0 Å². The average Bonchev–Trinajstić information content (AvgIpc) is 2.80. The third-order valence-corrected chi connectivity index (χ3v) is 3.71. The van der Waals surface area contributed by atoms with Crippen molar-refractivity contribution in [1.29, 1.82) is 0 Å². The summed E-state index contributed by atoms with van der Waals surface area (Å²) in [6.07, 6.45) is 2.16. The van der Waals surface area contributed by atoms with Crippen LogP contribution in [0.2, 0.25) is 5.02 Å². The molecule has 0 spiro atoms. The summed E-state index contributed by atoms with van der Waals surface area (Å²) in [6.45, 7) is 5.41. The third-order valence-electron chi connectivity index (χ3n) is 3.47. The number of hydrogen-bond acceptors (Lipinski definition) is 2. The summed E-state index contributed by atoms with van der Waals surface area (Å²) < 4.78 is 0. The van der Waals surface area contributed by atoms with Crippen LogP contribution in [0, 0.1) is 5.92 Å². The molecule has 2 rings (SSSR count). The average molecular weight is 254 g/mol. The van der Waals surface area contributed by atoms with E-state index in [0.717, 1.165) is 12.1 Å². The highest BCUT2D eigenvalue weighted by molar-refractivity contribution is 6.30. The Hall–Kier alpha value is -0.570. The minimum atomic E-state index is -0.422. The van der Waals surface area contributed by atoms with Crippen LogP contribution in [0.3, 0.4) is 0 Å². The molecule has 0 radical (unpaired) electrons. The smallest absolute Gasteiger partial charge is 0.0828 e. The highest BCUT2D eigenvalue weighted by atomic mass is 35.5. The second-order valence-corrected chi connectivity index (χ2v) is 5.42. The van der Waals surface area contributed by atoms with E-state index >= 15 is 0 Å². The first-order valence-corrected chi connectivity index (χ1v) is 6.70. The molecule has 0 saturated carbocycles. The minimum Gasteiger partial charge on any atom is -0.388 e. The van der Waals surface area contributed by atoms with Crippen molar-refractivity contribution in [2.75, 3.05) is 19.6 Å². The second kappa shape index (κ2) is 5.85. The number of halogens is 1. The fourth-order valence-electron chi connectivity index (χ4n) is 2.49. The van der Waals surface area contributed by atoms with Gasteiger partial charge in [-0.2, -0.15) is 0 Å². The van der Waals surface area contributed by atoms with Crippen molar-refractivity contribution in [3.05, 3.63) is 34.9 Å². The fraction of sp³-hybridized carbons (Fsp3) is 0.571. The van der Waals surface area contributed by atoms with Crippen LogP contribution in [0.25, 0.3) is 0 Å². The molecule has 1 aliphatic heterocycles. The summed E-state index contributed by atoms with van der Waals surface area (Å²) in [5.74, 6) is 0.242. The summed E-state index contributed by atoms with van der Waals surface area (Å²) >= 11 is 5.94. The van der Waals surface area contributed by atoms with Crippen molar-refractivity contribution in [3.63, 3.8) is 0 Å². The van der Waals surface area contributed by atoms with E-state index in [-0.39, 0.29) is 5.92 Å². The molecule has 2 atom stereocenters. The van der Waals surface area contributed by atoms with Gasteiger partial charge in [-0.3, -0.25) is 0 Å². The number of rotatable bonds is 4. The monoisotopic (exact) mass is 253 g/mol. The van der Waals surface area contributed by atoms with Gasteiger partial charge in [-0.05, 0) is 49.5 Å². The first-order chi connectivity index (χ1) is 8.16. The molecule has 0 aromatic heterocycles. The number of aliphatic hydroxyl groups excluding tert-OH is 1. The molecular weight excluding hydrogens is 234 g/mol. The highest BCUT2D eigenvalue weighted by Crippen LogP contribution is 2.25. The van der Waals surface area contributed by atoms with Gasteiger partial charge in [0.15, 0.2) is 0 Å². The van der Waals surface area contributed by atoms with Crippen LogP contribution in [0.1, 0.15) is 31.4 Å². The lowest BCUT2D eigenvalue weighted by molar-refractivity contribution is 0.0946. The van der Waals surface area contributed by atoms with Crippen molar-refractivity contribution in [2.24, 2.45) is 5.92 Å². The molecule has 0 aliphatic carbocycles. The molecule has 1 heterocycles. The SMILES string of the molecule is C[C@H](CN1CCCC1)[C@H](O)c1cccc(Cl)c1. The van der Waals surface area contributed by atoms with Crippen molar-refractivity contribution in [3.8, 4) is 0 Å². The summed E-state index contributed by atoms with van der Waals surface area (Å²) in [5, 5.41) is 11.0. The molecule has 1 fully saturated rings. The molecule has 0 amide bonds. The van der Waals surface area contributed by atoms with E-state index in [1.165, 1.54) is 25.9 Å². The van der Waals surface area contributed by atoms with E-state index in [1.807, 2.05) is 24.3 Å². The zero-order valence-electron chi connectivity index (χ0n) is 10.3. The lowest BCUT2D eigenvalue weighted by atomic mass is 9.97. The number of benzene rings is 1. The number of aliphatic hydroxyl groups is 1. The van der Waals surface area contributed by atoms with Gasteiger partial charge < -0.3 is 10.0 Å². The Balaban J connectivity index is 1.96. The molecule has 17 heavy (non-hydrogen) atoms. The van der Waals surface area contributed by atoms with E-state index in [1.54, 1.807) is 0 Å². The molecule has 1 N–H and O–H groups in total. The van der Waals surface area contributed by atoms with Gasteiger partial charge in [0.05, 0.1) is 6.10 Å². The van der Waals surface area contributed by atoms with Crippen molar-refractivity contribution in [2.45, 2.75) is 25.9 Å². The van der Waals surface area contributed by atoms with Gasteiger partial charge in [-0.15, -0.1) is 0 Å². The number of hydrogen-bond donors (Lipinski definition) is 1. The first-order valence-electron chi connectivity index (χ1n) is 6.32. The summed E-state index contributed by atoms with van der Waals surface area (Å²) in [6, 6.07) is 7.52. The Kier molecular flexibility index (Phi) is 4.43. The summed E-state index contributed by atoms with van der Waals surface area (Å²) in [7, 11) is 0. The van der Waals surface area contributed by atoms with E-state index in [9.17, 15) is 5.11 Å². The van der Waals surface area contributed by atoms with Crippen LogP contribution in [-0.2, 0) is 0 Å². The first kappa shape index (κ1) is 12.9. The van der Waals surface area contributed by atoms with Crippen LogP contribution in [-0.4, -0.2) is 29.6 Å². The van der Waals surface area contributed by atoms with Gasteiger partial charge in [-0.1, -0.05) is 30.7 Å². The third kappa shape index (κ3) is 3.44. The normalized spacial score (nSPS) is 20.4. The summed E-state index contributed by atoms with van der Waals surface area (Å²) in [4.78, 5) is 2.43. The zero-order valence-corrected chi connectivity index (χ0v) is 11.0. The molecule has 3 heteroatoms. The Labute approximate surface area is 108 Å². The second-order valence-electron chi connectivity index (χ2n) is 4.98. The van der Waals surface area contributed by atoms with Crippen LogP contribution < -0.4 is 0 Å². The topological polar surface area (TPSA) is 23.5 Å². The molecule has 1 aliphatic rings. The Bertz CT molecular complexity index is 363. The van der Waals surface area contributed by atoms with Crippen molar-refractivity contribution < 1.29 is 5.11 Å². The van der Waals surface area contributed by atoms with Gasteiger partial charge in [0, 0.05) is 11.6 Å². The Morgan fingerprint density at radius 1 is 1.35 bits per heavy atom. The predicted molar refractivity (Wildman–Crippen MR) is 71.2 cm³/mol. The Morgan fingerprint density at radius 2 is 2.06 bits per heavy atom. The fourth-order valence-corrected chi connectivity index (χ4v) is 2.69. The summed E-state index contributed by atoms with van der Waals surface area (Å²) in [5.41, 5.74) is 0.921. The maximum absolute atomic E-state index is 10.3. The zero-order chi connectivity index (χ0) is 12.3. The maximum Gasteiger partial charge on any atom is 0.0828 e. The Morgan fingerprint density at radius 3 is 2.71 bits per heavy atom. The van der Waals surface area contributed by atoms with Crippen LogP contribution in [0.5, 0.6) is 0 Å². The van der Waals surface area contributed by atoms with Crippen LogP contribution in [0.15, 0.2) is 24.3 Å². The number of likely N-dealkylation sites (tertiary alicyclic amines) is 1. The molecular formula is C14H20ClNO. The van der Waals surface area contributed by atoms with E-state index in [4.69, 9.17) is 11.6 Å². The molecule has 1 aromatic rings. The molecule has 2 nitrogen and oxygen atoms in total. The van der Waals surface area contributed by atoms with E-state index in [2.05, 4.69) is 11.8 Å². The minimum absolute atomic E-state index is 0.242. The van der Waals surface area contributed by atoms with Gasteiger partial charge in [0.2, 0.25) is 0 Å². The van der Waals surface area contributed by atoms with Crippen LogP contribution >= 0.6 is 11.6 Å². The van der Waals surface area contributed by atoms with E-state index in [0.29, 0.717) is 5.02 Å². The van der Waals surface area contributed by atoms with Crippen LogP contribution in [0.4, 0.5) is 0 Å².